The van der Waals surface area contributed by atoms with Gasteiger partial charge in [0.15, 0.2) is 24.6 Å². The van der Waals surface area contributed by atoms with Crippen LogP contribution in [0.2, 0.25) is 0 Å². The molecule has 0 spiro atoms. The summed E-state index contributed by atoms with van der Waals surface area (Å²) in [4.78, 5) is 51.2. The number of hydrogen-bond acceptors (Lipinski definition) is 11. The summed E-state index contributed by atoms with van der Waals surface area (Å²) in [6.45, 7) is 5.83. The van der Waals surface area contributed by atoms with Crippen LogP contribution in [0.5, 0.6) is 0 Å². The van der Waals surface area contributed by atoms with Crippen LogP contribution in [0, 0.1) is 0 Å². The molecular weight excluding hydrogens is 973 g/mol. The molecule has 1 aliphatic heterocycles. The summed E-state index contributed by atoms with van der Waals surface area (Å²) >= 11 is 0. The third kappa shape index (κ3) is 42.7. The molecule has 0 bridgehead atoms. The highest BCUT2D eigenvalue weighted by Gasteiger charge is 2.50. The van der Waals surface area contributed by atoms with Gasteiger partial charge in [0.05, 0.1) is 6.61 Å². The van der Waals surface area contributed by atoms with E-state index >= 15 is 0 Å². The van der Waals surface area contributed by atoms with Gasteiger partial charge >= 0.3 is 23.9 Å². The van der Waals surface area contributed by atoms with E-state index in [9.17, 15) is 34.5 Å². The van der Waals surface area contributed by atoms with E-state index in [1.807, 2.05) is 0 Å². The van der Waals surface area contributed by atoms with Crippen molar-refractivity contribution in [1.82, 2.24) is 0 Å². The summed E-state index contributed by atoms with van der Waals surface area (Å²) in [7, 11) is 0. The topological polar surface area (TPSA) is 175 Å². The summed E-state index contributed by atoms with van der Waals surface area (Å²) in [5.74, 6) is -3.18. The second-order valence-corrected chi connectivity index (χ2v) is 21.0. The van der Waals surface area contributed by atoms with Gasteiger partial charge in [-0.3, -0.25) is 14.4 Å². The first kappa shape index (κ1) is 71.2. The van der Waals surface area contributed by atoms with Crippen LogP contribution >= 0.6 is 0 Å². The number of allylic oxidation sites excluding steroid dienone is 12. The number of ether oxygens (including phenoxy) is 5. The van der Waals surface area contributed by atoms with Gasteiger partial charge in [0, 0.05) is 19.3 Å². The number of aliphatic hydroxyl groups excluding tert-OH is 2. The molecule has 1 saturated heterocycles. The molecule has 0 aromatic heterocycles. The number of esters is 3. The third-order valence-corrected chi connectivity index (χ3v) is 13.8. The number of carboxylic acids is 1. The molecule has 1 fully saturated rings. The van der Waals surface area contributed by atoms with Gasteiger partial charge in [-0.25, -0.2) is 4.79 Å². The Bertz CT molecular complexity index is 1620. The van der Waals surface area contributed by atoms with E-state index < -0.39 is 67.3 Å². The van der Waals surface area contributed by atoms with Gasteiger partial charge in [0.25, 0.3) is 0 Å². The number of aliphatic carboxylic acids is 1. The number of hydrogen-bond donors (Lipinski definition) is 3. The molecule has 442 valence electrons. The zero-order valence-electron chi connectivity index (χ0n) is 48.7. The quantitative estimate of drug-likeness (QED) is 0.0228. The maximum atomic E-state index is 13.1. The SMILES string of the molecule is CC/C=C\C/C=C\C/C=C\C/C=C\CCCCC(=O)OC(COC(=O)CCCCCCCCCCCCCCCCCCC)COC1OC(C(=O)O)C(O)C(O)C1OC(=O)CCCCCCC/C=C\C/C=C\CCCCC. The molecule has 0 aromatic carbocycles. The highest BCUT2D eigenvalue weighted by molar-refractivity contribution is 5.74. The maximum Gasteiger partial charge on any atom is 0.335 e. The van der Waals surface area contributed by atoms with Crippen LogP contribution in [0.15, 0.2) is 72.9 Å². The van der Waals surface area contributed by atoms with Crippen molar-refractivity contribution in [3.63, 3.8) is 0 Å². The van der Waals surface area contributed by atoms with Gasteiger partial charge in [-0.2, -0.15) is 0 Å². The second-order valence-electron chi connectivity index (χ2n) is 21.0. The Morgan fingerprint density at radius 2 is 0.818 bits per heavy atom. The van der Waals surface area contributed by atoms with Gasteiger partial charge in [0.1, 0.15) is 18.8 Å². The lowest BCUT2D eigenvalue weighted by Gasteiger charge is -2.40. The third-order valence-electron chi connectivity index (χ3n) is 13.8. The van der Waals surface area contributed by atoms with E-state index in [2.05, 4.69) is 93.7 Å². The average molecular weight is 1080 g/mol. The van der Waals surface area contributed by atoms with E-state index in [0.717, 1.165) is 103 Å². The first-order valence-corrected chi connectivity index (χ1v) is 30.9. The summed E-state index contributed by atoms with van der Waals surface area (Å²) in [5.41, 5.74) is 0. The molecule has 1 rings (SSSR count). The van der Waals surface area contributed by atoms with Crippen LogP contribution in [0.4, 0.5) is 0 Å². The zero-order chi connectivity index (χ0) is 56.1. The van der Waals surface area contributed by atoms with Crippen LogP contribution in [0.3, 0.4) is 0 Å². The minimum Gasteiger partial charge on any atom is -0.479 e. The van der Waals surface area contributed by atoms with Gasteiger partial charge in [-0.1, -0.05) is 229 Å². The van der Waals surface area contributed by atoms with E-state index in [0.29, 0.717) is 19.3 Å². The zero-order valence-corrected chi connectivity index (χ0v) is 48.7. The maximum absolute atomic E-state index is 13.1. The van der Waals surface area contributed by atoms with E-state index in [-0.39, 0.29) is 25.9 Å². The van der Waals surface area contributed by atoms with E-state index in [1.165, 1.54) is 103 Å². The lowest BCUT2D eigenvalue weighted by Crippen LogP contribution is -2.61. The molecule has 0 saturated carbocycles. The van der Waals surface area contributed by atoms with Crippen molar-refractivity contribution < 1.29 is 58.2 Å². The standard InChI is InChI=1S/C65H110O12/c1-4-7-10-13-16-19-22-25-28-29-32-33-36-39-42-45-48-51-57(66)73-54-56(75-58(67)52-49-46-43-40-37-34-30-26-23-20-17-14-11-8-5-2)55-74-65-63(61(70)60(69)62(77-65)64(71)72)76-59(68)53-50-47-44-41-38-35-31-27-24-21-18-15-12-9-6-3/h8,11,17-18,20-21,26-27,30-31,37,40,56,60-63,65,69-70H,4-7,9-10,12-16,19,22-25,28-29,32-36,38-39,41-55H2,1-3H3,(H,71,72)/b11-8-,20-17-,21-18-,30-26-,31-27-,40-37-. The molecule has 12 nitrogen and oxygen atoms in total. The van der Waals surface area contributed by atoms with E-state index in [4.69, 9.17) is 23.7 Å². The number of carbonyl (C=O) groups excluding carboxylic acids is 3. The largest absolute Gasteiger partial charge is 0.479 e. The molecular formula is C65H110O12. The predicted molar refractivity (Wildman–Crippen MR) is 312 cm³/mol. The fourth-order valence-corrected chi connectivity index (χ4v) is 9.04. The van der Waals surface area contributed by atoms with Gasteiger partial charge in [-0.15, -0.1) is 0 Å². The lowest BCUT2D eigenvalue weighted by atomic mass is 9.98. The molecule has 77 heavy (non-hydrogen) atoms. The average Bonchev–Trinajstić information content (AvgIpc) is 3.43. The first-order chi connectivity index (χ1) is 37.6. The number of rotatable bonds is 52. The fraction of sp³-hybridized carbons (Fsp3) is 0.754. The molecule has 0 radical (unpaired) electrons. The van der Waals surface area contributed by atoms with Crippen LogP contribution in [0.25, 0.3) is 0 Å². The number of carboxylic acid groups (broad SMARTS) is 1. The molecule has 1 aliphatic rings. The summed E-state index contributed by atoms with van der Waals surface area (Å²) in [6, 6.07) is 0. The van der Waals surface area contributed by atoms with Gasteiger partial charge in [0.2, 0.25) is 0 Å². The van der Waals surface area contributed by atoms with Crippen molar-refractivity contribution in [3.05, 3.63) is 72.9 Å². The van der Waals surface area contributed by atoms with Gasteiger partial charge < -0.3 is 39.0 Å². The Morgan fingerprint density at radius 1 is 0.442 bits per heavy atom. The van der Waals surface area contributed by atoms with Crippen molar-refractivity contribution in [3.8, 4) is 0 Å². The van der Waals surface area contributed by atoms with Crippen LogP contribution in [0.1, 0.15) is 265 Å². The van der Waals surface area contributed by atoms with E-state index in [1.54, 1.807) is 0 Å². The minimum atomic E-state index is -1.92. The van der Waals surface area contributed by atoms with Crippen molar-refractivity contribution in [1.29, 1.82) is 0 Å². The molecule has 1 heterocycles. The lowest BCUT2D eigenvalue weighted by molar-refractivity contribution is -0.301. The number of unbranched alkanes of at least 4 members (excludes halogenated alkanes) is 26. The Morgan fingerprint density at radius 3 is 1.30 bits per heavy atom. The molecule has 6 atom stereocenters. The van der Waals surface area contributed by atoms with Crippen LogP contribution in [-0.2, 0) is 42.9 Å². The normalized spacial score (nSPS) is 18.5. The smallest absolute Gasteiger partial charge is 0.335 e. The van der Waals surface area contributed by atoms with Gasteiger partial charge in [-0.05, 0) is 89.9 Å². The Balaban J connectivity index is 2.70. The Labute approximate surface area is 468 Å². The second kappa shape index (κ2) is 52.8. The molecule has 0 aliphatic carbocycles. The monoisotopic (exact) mass is 1080 g/mol. The molecule has 0 aromatic rings. The predicted octanol–water partition coefficient (Wildman–Crippen LogP) is 16.1. The molecule has 12 heteroatoms. The van der Waals surface area contributed by atoms with Crippen molar-refractivity contribution in [2.75, 3.05) is 13.2 Å². The van der Waals surface area contributed by atoms with Crippen molar-refractivity contribution in [2.24, 2.45) is 0 Å². The first-order valence-electron chi connectivity index (χ1n) is 30.9. The van der Waals surface area contributed by atoms with Crippen LogP contribution in [-0.4, -0.2) is 89.2 Å². The highest BCUT2D eigenvalue weighted by atomic mass is 16.7. The van der Waals surface area contributed by atoms with Crippen molar-refractivity contribution in [2.45, 2.75) is 302 Å². The summed E-state index contributed by atoms with van der Waals surface area (Å²) in [5, 5.41) is 31.5. The summed E-state index contributed by atoms with van der Waals surface area (Å²) in [6.07, 6.45) is 54.4. The molecule has 3 N–H and O–H groups in total. The number of carbonyl (C=O) groups is 4. The fourth-order valence-electron chi connectivity index (χ4n) is 9.04. The van der Waals surface area contributed by atoms with Crippen molar-refractivity contribution >= 4 is 23.9 Å². The Kier molecular flexibility index (Phi) is 48.8. The highest BCUT2D eigenvalue weighted by Crippen LogP contribution is 2.26. The minimum absolute atomic E-state index is 0.0385. The molecule has 6 unspecified atom stereocenters. The Hall–Kier alpha value is -3.84. The van der Waals surface area contributed by atoms with Crippen LogP contribution < -0.4 is 0 Å². The summed E-state index contributed by atoms with van der Waals surface area (Å²) < 4.78 is 28.4. The number of aliphatic hydroxyl groups is 2. The molecule has 0 amide bonds.